The minimum absolute atomic E-state index is 0.106. The Balaban J connectivity index is 1.31. The summed E-state index contributed by atoms with van der Waals surface area (Å²) in [4.78, 5) is 47.4. The summed E-state index contributed by atoms with van der Waals surface area (Å²) < 4.78 is 0. The van der Waals surface area contributed by atoms with Gasteiger partial charge in [-0.05, 0) is 50.7 Å². The second-order valence-electron chi connectivity index (χ2n) is 9.76. The minimum Gasteiger partial charge on any atom is -0.370 e. The Hall–Kier alpha value is -2.74. The van der Waals surface area contributed by atoms with E-state index in [2.05, 4.69) is 15.2 Å². The number of carbonyl (C=O) groups excluding carboxylic acids is 3. The van der Waals surface area contributed by atoms with Gasteiger partial charge in [0, 0.05) is 31.2 Å². The van der Waals surface area contributed by atoms with E-state index in [-0.39, 0.29) is 23.6 Å². The third-order valence-corrected chi connectivity index (χ3v) is 8.49. The van der Waals surface area contributed by atoms with Crippen LogP contribution in [0.2, 0.25) is 0 Å². The van der Waals surface area contributed by atoms with Crippen LogP contribution in [0.4, 0.5) is 5.69 Å². The molecule has 1 aliphatic carbocycles. The summed E-state index contributed by atoms with van der Waals surface area (Å²) in [6.07, 6.45) is 9.68. The maximum atomic E-state index is 13.5. The van der Waals surface area contributed by atoms with E-state index in [4.69, 9.17) is 0 Å². The number of imide groups is 1. The summed E-state index contributed by atoms with van der Waals surface area (Å²) in [5.41, 5.74) is 1.66. The molecule has 2 aromatic rings. The monoisotopic (exact) mass is 480 g/mol. The van der Waals surface area contributed by atoms with Crippen molar-refractivity contribution in [2.45, 2.75) is 57.9 Å². The van der Waals surface area contributed by atoms with Gasteiger partial charge in [0.25, 0.3) is 11.8 Å². The van der Waals surface area contributed by atoms with Gasteiger partial charge in [0.05, 0.1) is 28.8 Å². The van der Waals surface area contributed by atoms with Gasteiger partial charge >= 0.3 is 0 Å². The Bertz CT molecular complexity index is 1060. The number of nitrogens with zero attached hydrogens (tertiary/aromatic N) is 3. The van der Waals surface area contributed by atoms with Crippen LogP contribution in [0.25, 0.3) is 0 Å². The zero-order chi connectivity index (χ0) is 23.7. The average molecular weight is 481 g/mol. The second-order valence-corrected chi connectivity index (χ2v) is 10.7. The zero-order valence-corrected chi connectivity index (χ0v) is 20.5. The van der Waals surface area contributed by atoms with E-state index in [1.807, 2.05) is 24.4 Å². The number of thiazole rings is 1. The molecule has 1 saturated carbocycles. The first-order chi connectivity index (χ1) is 16.5. The van der Waals surface area contributed by atoms with E-state index in [0.717, 1.165) is 36.6 Å². The maximum absolute atomic E-state index is 13.5. The van der Waals surface area contributed by atoms with Crippen LogP contribution in [0.5, 0.6) is 0 Å². The number of rotatable bonds is 6. The molecule has 0 spiro atoms. The summed E-state index contributed by atoms with van der Waals surface area (Å²) in [6.45, 7) is 3.95. The predicted molar refractivity (Wildman–Crippen MR) is 132 cm³/mol. The van der Waals surface area contributed by atoms with Crippen LogP contribution in [0.3, 0.4) is 0 Å². The Morgan fingerprint density at radius 3 is 2.74 bits per heavy atom. The lowest BCUT2D eigenvalue weighted by atomic mass is 9.89. The van der Waals surface area contributed by atoms with Gasteiger partial charge < -0.3 is 10.2 Å². The molecule has 34 heavy (non-hydrogen) atoms. The fourth-order valence-corrected chi connectivity index (χ4v) is 6.33. The number of aromatic nitrogens is 1. The summed E-state index contributed by atoms with van der Waals surface area (Å²) in [5, 5.41) is 5.79. The largest absolute Gasteiger partial charge is 0.370 e. The lowest BCUT2D eigenvalue weighted by molar-refractivity contribution is -0.125. The molecule has 3 aliphatic rings. The molecule has 8 heteroatoms. The number of carbonyl (C=O) groups is 3. The molecule has 3 amide bonds. The topological polar surface area (TPSA) is 82.6 Å². The number of piperidine rings is 1. The molecule has 1 aromatic heterocycles. The van der Waals surface area contributed by atoms with Gasteiger partial charge in [-0.2, -0.15) is 0 Å². The highest BCUT2D eigenvalue weighted by atomic mass is 32.1. The molecule has 2 atom stereocenters. The Kier molecular flexibility index (Phi) is 6.68. The molecule has 1 aromatic carbocycles. The van der Waals surface area contributed by atoms with E-state index >= 15 is 0 Å². The smallest absolute Gasteiger partial charge is 0.264 e. The molecule has 0 bridgehead atoms. The fraction of sp³-hybridized carbons (Fsp3) is 0.538. The van der Waals surface area contributed by atoms with Crippen molar-refractivity contribution in [3.63, 3.8) is 0 Å². The molecule has 2 fully saturated rings. The van der Waals surface area contributed by atoms with E-state index < -0.39 is 6.04 Å². The van der Waals surface area contributed by atoms with Crippen molar-refractivity contribution < 1.29 is 14.4 Å². The molecule has 2 aliphatic heterocycles. The van der Waals surface area contributed by atoms with Crippen LogP contribution in [0.1, 0.15) is 83.6 Å². The van der Waals surface area contributed by atoms with Crippen molar-refractivity contribution in [1.82, 2.24) is 15.2 Å². The predicted octanol–water partition coefficient (Wildman–Crippen LogP) is 4.41. The van der Waals surface area contributed by atoms with Crippen molar-refractivity contribution in [1.29, 1.82) is 0 Å². The van der Waals surface area contributed by atoms with E-state index in [1.165, 1.54) is 48.3 Å². The quantitative estimate of drug-likeness (QED) is 0.619. The van der Waals surface area contributed by atoms with E-state index in [9.17, 15) is 14.4 Å². The number of benzene rings is 1. The highest BCUT2D eigenvalue weighted by Gasteiger charge is 2.42. The van der Waals surface area contributed by atoms with Crippen molar-refractivity contribution in [3.8, 4) is 0 Å². The van der Waals surface area contributed by atoms with Crippen LogP contribution in [0.15, 0.2) is 29.8 Å². The highest BCUT2D eigenvalue weighted by molar-refractivity contribution is 7.09. The zero-order valence-electron chi connectivity index (χ0n) is 19.7. The summed E-state index contributed by atoms with van der Waals surface area (Å²) >= 11 is 1.44. The van der Waals surface area contributed by atoms with Crippen LogP contribution in [-0.2, 0) is 4.79 Å². The van der Waals surface area contributed by atoms with Crippen LogP contribution in [-0.4, -0.2) is 47.2 Å². The number of fused-ring (bicyclic) bond motifs is 1. The van der Waals surface area contributed by atoms with Gasteiger partial charge in [0.1, 0.15) is 5.01 Å². The SMILES string of the molecule is CC(c1nccs1)N1C(=O)c2cccc(N3CCCC(C(=O)NCC4CCCCC4)C3)c2C1=O. The van der Waals surface area contributed by atoms with Crippen molar-refractivity contribution in [3.05, 3.63) is 45.9 Å². The molecule has 1 saturated heterocycles. The van der Waals surface area contributed by atoms with Crippen LogP contribution < -0.4 is 10.2 Å². The standard InChI is InChI=1S/C26H32N4O3S/c1-17(24-27-12-14-34-24)30-25(32)20-10-5-11-21(22(20)26(30)33)29-13-6-9-19(16-29)23(31)28-15-18-7-3-2-4-8-18/h5,10-12,14,17-19H,2-4,6-9,13,15-16H2,1H3,(H,28,31). The molecule has 7 nitrogen and oxygen atoms in total. The number of amides is 3. The Morgan fingerprint density at radius 2 is 1.97 bits per heavy atom. The molecule has 5 rings (SSSR count). The number of nitrogens with one attached hydrogen (secondary N) is 1. The molecule has 3 heterocycles. The normalized spacial score (nSPS) is 22.1. The summed E-state index contributed by atoms with van der Waals surface area (Å²) in [7, 11) is 0. The van der Waals surface area contributed by atoms with Crippen molar-refractivity contribution in [2.75, 3.05) is 24.5 Å². The summed E-state index contributed by atoms with van der Waals surface area (Å²) in [6, 6.07) is 5.05. The van der Waals surface area contributed by atoms with Gasteiger partial charge in [0.2, 0.25) is 5.91 Å². The molecular weight excluding hydrogens is 448 g/mol. The molecule has 180 valence electrons. The van der Waals surface area contributed by atoms with Crippen LogP contribution >= 0.6 is 11.3 Å². The number of hydrogen-bond donors (Lipinski definition) is 1. The van der Waals surface area contributed by atoms with Crippen molar-refractivity contribution in [2.24, 2.45) is 11.8 Å². The molecular formula is C26H32N4O3S. The van der Waals surface area contributed by atoms with Gasteiger partial charge in [-0.25, -0.2) is 4.98 Å². The summed E-state index contributed by atoms with van der Waals surface area (Å²) in [5.74, 6) is 0.0600. The average Bonchev–Trinajstić information content (AvgIpc) is 3.50. The van der Waals surface area contributed by atoms with Gasteiger partial charge in [-0.1, -0.05) is 25.3 Å². The lowest BCUT2D eigenvalue weighted by Gasteiger charge is -2.35. The van der Waals surface area contributed by atoms with E-state index in [0.29, 0.717) is 23.6 Å². The molecule has 0 radical (unpaired) electrons. The maximum Gasteiger partial charge on any atom is 0.264 e. The van der Waals surface area contributed by atoms with Crippen molar-refractivity contribution >= 4 is 34.7 Å². The lowest BCUT2D eigenvalue weighted by Crippen LogP contribution is -2.44. The first-order valence-electron chi connectivity index (χ1n) is 12.5. The highest BCUT2D eigenvalue weighted by Crippen LogP contribution is 2.38. The number of hydrogen-bond acceptors (Lipinski definition) is 6. The van der Waals surface area contributed by atoms with Crippen LogP contribution in [0, 0.1) is 11.8 Å². The van der Waals surface area contributed by atoms with Gasteiger partial charge in [0.15, 0.2) is 0 Å². The number of anilines is 1. The Labute approximate surface area is 204 Å². The fourth-order valence-electron chi connectivity index (χ4n) is 5.64. The minimum atomic E-state index is -0.417. The third-order valence-electron chi connectivity index (χ3n) is 7.54. The Morgan fingerprint density at radius 1 is 1.15 bits per heavy atom. The molecule has 2 unspecified atom stereocenters. The van der Waals surface area contributed by atoms with Gasteiger partial charge in [-0.3, -0.25) is 19.3 Å². The first kappa shape index (κ1) is 23.0. The second kappa shape index (κ2) is 9.86. The van der Waals surface area contributed by atoms with E-state index in [1.54, 1.807) is 12.3 Å². The third kappa shape index (κ3) is 4.35. The first-order valence-corrected chi connectivity index (χ1v) is 13.4. The van der Waals surface area contributed by atoms with Gasteiger partial charge in [-0.15, -0.1) is 11.3 Å². The molecule has 1 N–H and O–H groups in total.